The van der Waals surface area contributed by atoms with Crippen LogP contribution < -0.4 is 10.0 Å². The number of hydrogen-bond donors (Lipinski definition) is 3. The minimum Gasteiger partial charge on any atom is -0.466 e. The summed E-state index contributed by atoms with van der Waals surface area (Å²) in [5.41, 5.74) is -2.50. The van der Waals surface area contributed by atoms with Crippen molar-refractivity contribution in [3.8, 4) is 0 Å². The number of nitrogens with one attached hydrogen (secondary N) is 3. The van der Waals surface area contributed by atoms with E-state index in [1.807, 2.05) is 59.6 Å². The van der Waals surface area contributed by atoms with Gasteiger partial charge in [0, 0.05) is 46.5 Å². The summed E-state index contributed by atoms with van der Waals surface area (Å²) in [5.74, 6) is 2.23. The zero-order chi connectivity index (χ0) is 29.9. The van der Waals surface area contributed by atoms with E-state index in [9.17, 15) is 0 Å². The number of aromatic nitrogens is 9. The van der Waals surface area contributed by atoms with E-state index in [-0.39, 0.29) is 0 Å². The van der Waals surface area contributed by atoms with Crippen LogP contribution in [0.2, 0.25) is 0 Å². The Morgan fingerprint density at radius 1 is 0.800 bits per heavy atom. The van der Waals surface area contributed by atoms with Crippen molar-refractivity contribution in [2.75, 3.05) is 10.0 Å². The summed E-state index contributed by atoms with van der Waals surface area (Å²) in [6.45, 7) is 0. The van der Waals surface area contributed by atoms with Crippen LogP contribution in [-0.4, -0.2) is 44.9 Å². The molecule has 3 atom stereocenters. The second-order valence-electron chi connectivity index (χ2n) is 10.2. The predicted octanol–water partition coefficient (Wildman–Crippen LogP) is 5.53. The fraction of sp³-hybridized carbons (Fsp3) is 0.103. The van der Waals surface area contributed by atoms with Crippen molar-refractivity contribution in [3.05, 3.63) is 141 Å². The van der Waals surface area contributed by atoms with Crippen molar-refractivity contribution in [1.29, 1.82) is 0 Å². The molecule has 0 saturated carbocycles. The summed E-state index contributed by atoms with van der Waals surface area (Å²) >= 11 is 4.46. The summed E-state index contributed by atoms with van der Waals surface area (Å²) in [4.78, 5) is 18.1. The van der Waals surface area contributed by atoms with E-state index in [1.165, 1.54) is 22.9 Å². The smallest absolute Gasteiger partial charge is 0.197 e. The standard InChI is InChI=1S/C29H21N11O2S3/c1-4-20(30-9-1)28(26-33-12-17-44-26)27(19-7-14-42-36-19,22-6-3-15-43-22)29(21-5-2-13-41-21,25-31-10-11-32-25)40(24-18-34-38-35-24)39(28)23-8-16-45-37-23/h1-18,30H,(H,31,32)(H,34,35,38). The van der Waals surface area contributed by atoms with Gasteiger partial charge >= 0.3 is 0 Å². The van der Waals surface area contributed by atoms with E-state index in [2.05, 4.69) is 47.8 Å². The minimum absolute atomic E-state index is 0.477. The van der Waals surface area contributed by atoms with E-state index in [0.717, 1.165) is 15.6 Å². The topological polar surface area (TPSA) is 157 Å². The maximum atomic E-state index is 6.53. The number of thiazole rings is 1. The highest BCUT2D eigenvalue weighted by molar-refractivity contribution is 7.10. The van der Waals surface area contributed by atoms with Gasteiger partial charge in [0.15, 0.2) is 22.7 Å². The molecular formula is C29H21N11O2S3. The first-order valence-corrected chi connectivity index (χ1v) is 16.3. The molecule has 222 valence electrons. The molecule has 16 heteroatoms. The second kappa shape index (κ2) is 9.85. The van der Waals surface area contributed by atoms with Crippen LogP contribution in [-0.2, 0) is 16.5 Å². The number of aromatic amines is 3. The molecule has 9 rings (SSSR count). The Morgan fingerprint density at radius 2 is 1.78 bits per heavy atom. The molecule has 3 unspecified atom stereocenters. The van der Waals surface area contributed by atoms with E-state index in [0.29, 0.717) is 28.9 Å². The molecule has 1 saturated heterocycles. The summed E-state index contributed by atoms with van der Waals surface area (Å²) in [6.07, 6.45) is 12.2. The summed E-state index contributed by atoms with van der Waals surface area (Å²) in [5, 5.41) is 27.5. The van der Waals surface area contributed by atoms with Gasteiger partial charge in [0.25, 0.3) is 0 Å². The molecule has 0 aromatic carbocycles. The fourth-order valence-corrected chi connectivity index (χ4v) is 9.48. The van der Waals surface area contributed by atoms with Gasteiger partial charge in [-0.05, 0) is 53.3 Å². The Bertz CT molecular complexity index is 1850. The number of nitrogens with zero attached hydrogens (tertiary/aromatic N) is 8. The van der Waals surface area contributed by atoms with Crippen LogP contribution in [0.3, 0.4) is 0 Å². The third kappa shape index (κ3) is 3.14. The van der Waals surface area contributed by atoms with Gasteiger partial charge in [-0.25, -0.2) is 20.0 Å². The molecule has 8 aromatic rings. The zero-order valence-corrected chi connectivity index (χ0v) is 25.5. The van der Waals surface area contributed by atoms with Crippen LogP contribution in [0.4, 0.5) is 11.6 Å². The van der Waals surface area contributed by atoms with E-state index >= 15 is 0 Å². The molecule has 8 aromatic heterocycles. The van der Waals surface area contributed by atoms with Crippen molar-refractivity contribution < 1.29 is 8.94 Å². The molecule has 1 aliphatic rings. The number of H-pyrrole nitrogens is 3. The molecule has 0 aliphatic carbocycles. The lowest BCUT2D eigenvalue weighted by atomic mass is 9.54. The van der Waals surface area contributed by atoms with E-state index in [1.54, 1.807) is 42.5 Å². The number of furan rings is 1. The molecule has 1 aliphatic heterocycles. The number of anilines is 2. The van der Waals surface area contributed by atoms with Crippen LogP contribution in [0.25, 0.3) is 0 Å². The lowest BCUT2D eigenvalue weighted by Gasteiger charge is -2.48. The van der Waals surface area contributed by atoms with E-state index in [4.69, 9.17) is 33.5 Å². The van der Waals surface area contributed by atoms with Crippen LogP contribution in [0.5, 0.6) is 0 Å². The molecular weight excluding hydrogens is 631 g/mol. The minimum atomic E-state index is -1.39. The van der Waals surface area contributed by atoms with Gasteiger partial charge in [-0.15, -0.1) is 27.8 Å². The molecule has 9 heterocycles. The molecule has 13 nitrogen and oxygen atoms in total. The number of hydrazine groups is 1. The lowest BCUT2D eigenvalue weighted by molar-refractivity contribution is 0.221. The maximum absolute atomic E-state index is 6.53. The van der Waals surface area contributed by atoms with Gasteiger partial charge in [0.2, 0.25) is 0 Å². The Balaban J connectivity index is 1.63. The van der Waals surface area contributed by atoms with Crippen LogP contribution in [0.15, 0.2) is 117 Å². The molecule has 0 bridgehead atoms. The number of imidazole rings is 1. The second-order valence-corrected chi connectivity index (χ2v) is 12.7. The van der Waals surface area contributed by atoms with Crippen molar-refractivity contribution in [2.24, 2.45) is 0 Å². The molecule has 0 amide bonds. The van der Waals surface area contributed by atoms with E-state index < -0.39 is 16.5 Å². The Morgan fingerprint density at radius 3 is 2.42 bits per heavy atom. The van der Waals surface area contributed by atoms with Crippen LogP contribution in [0, 0.1) is 0 Å². The maximum Gasteiger partial charge on any atom is 0.197 e. The first-order valence-electron chi connectivity index (χ1n) is 13.7. The van der Waals surface area contributed by atoms with Gasteiger partial charge in [-0.3, -0.25) is 0 Å². The molecule has 45 heavy (non-hydrogen) atoms. The lowest BCUT2D eigenvalue weighted by Crippen LogP contribution is -2.61. The van der Waals surface area contributed by atoms with Gasteiger partial charge < -0.3 is 18.9 Å². The molecule has 0 radical (unpaired) electrons. The molecule has 1 fully saturated rings. The van der Waals surface area contributed by atoms with Crippen molar-refractivity contribution in [1.82, 2.24) is 44.9 Å². The predicted molar refractivity (Wildman–Crippen MR) is 167 cm³/mol. The SMILES string of the molecule is c1c[nH]c(C2(c3nccs3)N(c3ccsn3)N(c3cn[nH]n3)C(c3ncc[nH]3)(c3ccco3)C2(c2ccon2)c2cccs2)c1. The Labute approximate surface area is 266 Å². The van der Waals surface area contributed by atoms with Gasteiger partial charge in [0.1, 0.15) is 34.0 Å². The molecule has 0 spiro atoms. The van der Waals surface area contributed by atoms with Gasteiger partial charge in [-0.1, -0.05) is 11.2 Å². The highest BCUT2D eigenvalue weighted by Crippen LogP contribution is 2.72. The first kappa shape index (κ1) is 26.1. The van der Waals surface area contributed by atoms with Gasteiger partial charge in [0.05, 0.1) is 18.2 Å². The number of hydrogen-bond acceptors (Lipinski definition) is 13. The quantitative estimate of drug-likeness (QED) is 0.191. The monoisotopic (exact) mass is 651 g/mol. The largest absolute Gasteiger partial charge is 0.466 e. The highest BCUT2D eigenvalue weighted by atomic mass is 32.1. The Hall–Kier alpha value is -5.32. The summed E-state index contributed by atoms with van der Waals surface area (Å²) in [6, 6.07) is 15.9. The molecule has 3 N–H and O–H groups in total. The van der Waals surface area contributed by atoms with Crippen molar-refractivity contribution in [2.45, 2.75) is 16.5 Å². The third-order valence-corrected chi connectivity index (χ3v) is 10.8. The zero-order valence-electron chi connectivity index (χ0n) is 23.0. The highest BCUT2D eigenvalue weighted by Gasteiger charge is 2.84. The third-order valence-electron chi connectivity index (χ3n) is 8.34. The Kier molecular flexibility index (Phi) is 5.71. The van der Waals surface area contributed by atoms with Crippen molar-refractivity contribution in [3.63, 3.8) is 0 Å². The fourth-order valence-electron chi connectivity index (χ4n) is 7.06. The summed E-state index contributed by atoms with van der Waals surface area (Å²) in [7, 11) is 0. The van der Waals surface area contributed by atoms with Crippen LogP contribution >= 0.6 is 34.2 Å². The van der Waals surface area contributed by atoms with Gasteiger partial charge in [-0.2, -0.15) is 14.7 Å². The average Bonchev–Trinajstić information content (AvgIpc) is 3.95. The average molecular weight is 652 g/mol. The number of rotatable bonds is 8. The summed E-state index contributed by atoms with van der Waals surface area (Å²) < 4.78 is 17.2. The van der Waals surface area contributed by atoms with Crippen molar-refractivity contribution >= 4 is 45.8 Å². The normalized spacial score (nSPS) is 23.3. The number of thiophene rings is 1. The van der Waals surface area contributed by atoms with Crippen LogP contribution in [0.1, 0.15) is 32.9 Å². The first-order chi connectivity index (χ1) is 22.3.